The quantitative estimate of drug-likeness (QED) is 0.352. The van der Waals surface area contributed by atoms with Crippen LogP contribution < -0.4 is 5.73 Å². The van der Waals surface area contributed by atoms with Crippen LogP contribution in [0.4, 0.5) is 0 Å². The molecule has 4 heteroatoms. The number of amidine groups is 1. The highest BCUT2D eigenvalue weighted by molar-refractivity contribution is 8.13. The van der Waals surface area contributed by atoms with E-state index >= 15 is 0 Å². The van der Waals surface area contributed by atoms with Crippen molar-refractivity contribution in [3.05, 3.63) is 95.6 Å². The molecule has 27 heavy (non-hydrogen) atoms. The van der Waals surface area contributed by atoms with Crippen LogP contribution in [-0.2, 0) is 12.2 Å². The van der Waals surface area contributed by atoms with E-state index in [0.29, 0.717) is 5.17 Å². The predicted molar refractivity (Wildman–Crippen MR) is 118 cm³/mol. The summed E-state index contributed by atoms with van der Waals surface area (Å²) in [7, 11) is 0. The zero-order valence-electron chi connectivity index (χ0n) is 15.4. The average molecular weight is 374 g/mol. The average Bonchev–Trinajstić information content (AvgIpc) is 2.73. The first-order valence-corrected chi connectivity index (χ1v) is 9.96. The summed E-state index contributed by atoms with van der Waals surface area (Å²) in [6.45, 7) is 2.16. The molecule has 0 unspecified atom stereocenters. The van der Waals surface area contributed by atoms with Gasteiger partial charge in [-0.1, -0.05) is 91.5 Å². The van der Waals surface area contributed by atoms with Crippen LogP contribution in [0.2, 0.25) is 0 Å². The number of hydrogen-bond acceptors (Lipinski definition) is 3. The predicted octanol–water partition coefficient (Wildman–Crippen LogP) is 5.50. The molecule has 3 aromatic carbocycles. The van der Waals surface area contributed by atoms with E-state index < -0.39 is 0 Å². The standard InChI is InChI=1S/C23H23N3S/c1-2-18-11-13-21(14-12-18)22-10-6-9-20(15-22)16-25-26-23(24)27-17-19-7-4-3-5-8-19/h3-16H,2,17H2,1H3,(H2,24,26). The van der Waals surface area contributed by atoms with Gasteiger partial charge in [0.15, 0.2) is 5.17 Å². The van der Waals surface area contributed by atoms with E-state index in [2.05, 4.69) is 65.7 Å². The molecule has 0 fully saturated rings. The molecule has 0 aliphatic heterocycles. The molecule has 0 radical (unpaired) electrons. The third kappa shape index (κ3) is 5.83. The minimum absolute atomic E-state index is 0.460. The van der Waals surface area contributed by atoms with Crippen molar-refractivity contribution in [2.24, 2.45) is 15.9 Å². The smallest absolute Gasteiger partial charge is 0.180 e. The molecule has 3 nitrogen and oxygen atoms in total. The van der Waals surface area contributed by atoms with Crippen LogP contribution in [0.5, 0.6) is 0 Å². The van der Waals surface area contributed by atoms with Crippen LogP contribution in [0.1, 0.15) is 23.6 Å². The third-order valence-electron chi connectivity index (χ3n) is 4.17. The van der Waals surface area contributed by atoms with Gasteiger partial charge >= 0.3 is 0 Å². The maximum atomic E-state index is 5.93. The summed E-state index contributed by atoms with van der Waals surface area (Å²) >= 11 is 1.48. The van der Waals surface area contributed by atoms with Gasteiger partial charge in [0.1, 0.15) is 0 Å². The molecule has 2 N–H and O–H groups in total. The van der Waals surface area contributed by atoms with Gasteiger partial charge in [-0.25, -0.2) is 0 Å². The Kier molecular flexibility index (Phi) is 6.83. The minimum atomic E-state index is 0.460. The second kappa shape index (κ2) is 9.74. The molecule has 0 amide bonds. The second-order valence-corrected chi connectivity index (χ2v) is 7.13. The molecule has 0 bridgehead atoms. The highest BCUT2D eigenvalue weighted by Crippen LogP contribution is 2.21. The van der Waals surface area contributed by atoms with Gasteiger partial charge in [0.05, 0.1) is 6.21 Å². The molecule has 0 aromatic heterocycles. The van der Waals surface area contributed by atoms with Crippen LogP contribution in [0, 0.1) is 0 Å². The molecule has 136 valence electrons. The van der Waals surface area contributed by atoms with Gasteiger partial charge in [-0.05, 0) is 40.3 Å². The van der Waals surface area contributed by atoms with Gasteiger partial charge in [-0.3, -0.25) is 0 Å². The summed E-state index contributed by atoms with van der Waals surface area (Å²) in [5.41, 5.74) is 11.8. The van der Waals surface area contributed by atoms with E-state index in [0.717, 1.165) is 23.3 Å². The summed E-state index contributed by atoms with van der Waals surface area (Å²) < 4.78 is 0. The van der Waals surface area contributed by atoms with Crippen LogP contribution in [0.3, 0.4) is 0 Å². The van der Waals surface area contributed by atoms with Gasteiger partial charge < -0.3 is 5.73 Å². The Hall–Kier alpha value is -2.85. The third-order valence-corrected chi connectivity index (χ3v) is 5.03. The molecular formula is C23H23N3S. The van der Waals surface area contributed by atoms with E-state index in [9.17, 15) is 0 Å². The summed E-state index contributed by atoms with van der Waals surface area (Å²) in [6.07, 6.45) is 2.79. The number of hydrogen-bond donors (Lipinski definition) is 1. The summed E-state index contributed by atoms with van der Waals surface area (Å²) in [5.74, 6) is 0.787. The van der Waals surface area contributed by atoms with Crippen molar-refractivity contribution in [1.29, 1.82) is 0 Å². The monoisotopic (exact) mass is 373 g/mol. The summed E-state index contributed by atoms with van der Waals surface area (Å²) in [4.78, 5) is 0. The van der Waals surface area contributed by atoms with Crippen molar-refractivity contribution < 1.29 is 0 Å². The largest absolute Gasteiger partial charge is 0.377 e. The Bertz CT molecular complexity index is 916. The van der Waals surface area contributed by atoms with Crippen LogP contribution in [0.15, 0.2) is 89.1 Å². The summed E-state index contributed by atoms with van der Waals surface area (Å²) in [5, 5.41) is 8.68. The van der Waals surface area contributed by atoms with E-state index in [1.807, 2.05) is 30.3 Å². The Balaban J connectivity index is 1.62. The first kappa shape index (κ1) is 18.9. The highest BCUT2D eigenvalue weighted by atomic mass is 32.2. The fourth-order valence-corrected chi connectivity index (χ4v) is 3.26. The van der Waals surface area contributed by atoms with Crippen LogP contribution in [-0.4, -0.2) is 11.4 Å². The number of rotatable bonds is 6. The maximum Gasteiger partial charge on any atom is 0.180 e. The van der Waals surface area contributed by atoms with Crippen molar-refractivity contribution in [2.75, 3.05) is 0 Å². The topological polar surface area (TPSA) is 50.7 Å². The number of nitrogens with zero attached hydrogens (tertiary/aromatic N) is 2. The summed E-state index contributed by atoms with van der Waals surface area (Å²) in [6, 6.07) is 27.1. The van der Waals surface area contributed by atoms with Gasteiger partial charge in [-0.15, -0.1) is 5.10 Å². The molecule has 0 aliphatic carbocycles. The maximum absolute atomic E-state index is 5.93. The molecule has 0 saturated heterocycles. The molecule has 0 saturated carbocycles. The lowest BCUT2D eigenvalue weighted by Crippen LogP contribution is -2.05. The normalized spacial score (nSPS) is 11.8. The van der Waals surface area contributed by atoms with Crippen molar-refractivity contribution in [3.63, 3.8) is 0 Å². The van der Waals surface area contributed by atoms with E-state index in [4.69, 9.17) is 5.73 Å². The van der Waals surface area contributed by atoms with Crippen molar-refractivity contribution in [2.45, 2.75) is 19.1 Å². The Morgan fingerprint density at radius 1 is 0.889 bits per heavy atom. The second-order valence-electron chi connectivity index (χ2n) is 6.13. The fourth-order valence-electron chi connectivity index (χ4n) is 2.64. The van der Waals surface area contributed by atoms with E-state index in [-0.39, 0.29) is 0 Å². The molecular weight excluding hydrogens is 350 g/mol. The van der Waals surface area contributed by atoms with Crippen molar-refractivity contribution in [1.82, 2.24) is 0 Å². The number of aryl methyl sites for hydroxylation is 1. The Morgan fingerprint density at radius 2 is 1.67 bits per heavy atom. The van der Waals surface area contributed by atoms with Gasteiger partial charge in [0.2, 0.25) is 0 Å². The van der Waals surface area contributed by atoms with Crippen molar-refractivity contribution >= 4 is 23.1 Å². The lowest BCUT2D eigenvalue weighted by atomic mass is 10.0. The van der Waals surface area contributed by atoms with Gasteiger partial charge in [0, 0.05) is 5.75 Å². The minimum Gasteiger partial charge on any atom is -0.377 e. The zero-order valence-corrected chi connectivity index (χ0v) is 16.2. The number of benzene rings is 3. The first-order valence-electron chi connectivity index (χ1n) is 8.97. The van der Waals surface area contributed by atoms with Crippen LogP contribution >= 0.6 is 11.8 Å². The van der Waals surface area contributed by atoms with Gasteiger partial charge in [0.25, 0.3) is 0 Å². The molecule has 0 aliphatic rings. The lowest BCUT2D eigenvalue weighted by molar-refractivity contribution is 1.14. The number of thioether (sulfide) groups is 1. The molecule has 0 atom stereocenters. The molecule has 3 aromatic rings. The fraction of sp³-hybridized carbons (Fsp3) is 0.130. The van der Waals surface area contributed by atoms with E-state index in [1.165, 1.54) is 28.5 Å². The molecule has 0 heterocycles. The van der Waals surface area contributed by atoms with E-state index in [1.54, 1.807) is 6.21 Å². The zero-order chi connectivity index (χ0) is 18.9. The lowest BCUT2D eigenvalue weighted by Gasteiger charge is -2.04. The molecule has 0 spiro atoms. The number of nitrogens with two attached hydrogens (primary N) is 1. The van der Waals surface area contributed by atoms with Crippen molar-refractivity contribution in [3.8, 4) is 11.1 Å². The SMILES string of the molecule is CCc1ccc(-c2cccc(C=NN=C(N)SCc3ccccc3)c2)cc1. The first-order chi connectivity index (χ1) is 13.2. The Labute approximate surface area is 165 Å². The van der Waals surface area contributed by atoms with Crippen LogP contribution in [0.25, 0.3) is 11.1 Å². The highest BCUT2D eigenvalue weighted by Gasteiger charge is 1.99. The molecule has 3 rings (SSSR count). The van der Waals surface area contributed by atoms with Gasteiger partial charge in [-0.2, -0.15) is 5.10 Å². The Morgan fingerprint density at radius 3 is 2.41 bits per heavy atom.